The van der Waals surface area contributed by atoms with Crippen molar-refractivity contribution in [3.8, 4) is 0 Å². The van der Waals surface area contributed by atoms with Gasteiger partial charge in [-0.15, -0.1) is 0 Å². The van der Waals surface area contributed by atoms with Crippen LogP contribution in [0.2, 0.25) is 0 Å². The van der Waals surface area contributed by atoms with E-state index in [1.54, 1.807) is 6.92 Å². The van der Waals surface area contributed by atoms with Gasteiger partial charge in [0, 0.05) is 23.7 Å². The average Bonchev–Trinajstić information content (AvgIpc) is 3.20. The molecule has 10 nitrogen and oxygen atoms in total. The van der Waals surface area contributed by atoms with Crippen LogP contribution in [0.15, 0.2) is 53.3 Å². The molecule has 2 heterocycles. The molecule has 13 heteroatoms. The van der Waals surface area contributed by atoms with Gasteiger partial charge >= 0.3 is 12.2 Å². The largest absolute Gasteiger partial charge is 0.416 e. The molecule has 3 amide bonds. The number of Topliss-reactive ketones (excluding diaryl/α,β-unsaturated/α-hetero) is 1. The van der Waals surface area contributed by atoms with Crippen LogP contribution in [0.1, 0.15) is 59.5 Å². The number of hydrogen-bond acceptors (Lipinski definition) is 6. The molecule has 39 heavy (non-hydrogen) atoms. The van der Waals surface area contributed by atoms with Crippen LogP contribution in [0, 0.1) is 0 Å². The zero-order valence-corrected chi connectivity index (χ0v) is 20.9. The van der Waals surface area contributed by atoms with E-state index in [-0.39, 0.29) is 47.6 Å². The molecule has 1 aliphatic rings. The van der Waals surface area contributed by atoms with E-state index in [4.69, 9.17) is 5.73 Å². The monoisotopic (exact) mass is 542 g/mol. The number of primary amides is 1. The van der Waals surface area contributed by atoms with Gasteiger partial charge < -0.3 is 16.4 Å². The lowest BCUT2D eigenvalue weighted by molar-refractivity contribution is -0.137. The SMILES string of the molecule is CC(=O)c1ccc(NC(=O)Nc2nc3n(c(=O)c2NCc2cccc(C(F)(F)F)c2)C(C(N)=O)CC3C)cc1. The standard InChI is InChI=1S/C26H25F3N6O4/c1-13-10-19(21(30)37)35-23(13)33-22(34-25(39)32-18-8-6-16(7-9-18)14(2)36)20(24(35)38)31-12-15-4-3-5-17(11-15)26(27,28)29/h3-9,11,13,19,31H,10,12H2,1-2H3,(H2,30,37)(H2,32,34,39). The number of nitrogens with one attached hydrogen (secondary N) is 3. The van der Waals surface area contributed by atoms with Crippen molar-refractivity contribution in [1.29, 1.82) is 0 Å². The number of hydrogen-bond donors (Lipinski definition) is 4. The van der Waals surface area contributed by atoms with E-state index in [1.807, 2.05) is 0 Å². The molecule has 1 aliphatic heterocycles. The summed E-state index contributed by atoms with van der Waals surface area (Å²) in [6, 6.07) is 8.92. The quantitative estimate of drug-likeness (QED) is 0.328. The second-order valence-electron chi connectivity index (χ2n) is 9.19. The summed E-state index contributed by atoms with van der Waals surface area (Å²) in [5.74, 6) is -1.16. The van der Waals surface area contributed by atoms with Gasteiger partial charge in [-0.05, 0) is 55.3 Å². The minimum atomic E-state index is -4.55. The number of amides is 3. The van der Waals surface area contributed by atoms with Gasteiger partial charge in [-0.25, -0.2) is 9.78 Å². The molecule has 0 aliphatic carbocycles. The van der Waals surface area contributed by atoms with Crippen molar-refractivity contribution in [3.63, 3.8) is 0 Å². The zero-order valence-electron chi connectivity index (χ0n) is 20.9. The zero-order chi connectivity index (χ0) is 28.5. The maximum absolute atomic E-state index is 13.5. The molecule has 3 aromatic rings. The number of urea groups is 1. The molecule has 2 unspecified atom stereocenters. The topological polar surface area (TPSA) is 148 Å². The summed E-state index contributed by atoms with van der Waals surface area (Å²) in [6.07, 6.45) is -4.33. The summed E-state index contributed by atoms with van der Waals surface area (Å²) in [5, 5.41) is 7.85. The van der Waals surface area contributed by atoms with E-state index in [1.165, 1.54) is 43.3 Å². The fraction of sp³-hybridized carbons (Fsp3) is 0.269. The minimum absolute atomic E-state index is 0.145. The molecule has 0 fully saturated rings. The van der Waals surface area contributed by atoms with Crippen molar-refractivity contribution < 1.29 is 27.6 Å². The first-order chi connectivity index (χ1) is 18.3. The second-order valence-corrected chi connectivity index (χ2v) is 9.19. The first-order valence-electron chi connectivity index (χ1n) is 11.9. The average molecular weight is 543 g/mol. The van der Waals surface area contributed by atoms with E-state index in [0.29, 0.717) is 11.3 Å². The number of carbonyl (C=O) groups excluding carboxylic acids is 3. The van der Waals surface area contributed by atoms with Crippen LogP contribution < -0.4 is 27.2 Å². The highest BCUT2D eigenvalue weighted by Gasteiger charge is 2.36. The molecule has 0 saturated heterocycles. The highest BCUT2D eigenvalue weighted by molar-refractivity contribution is 6.01. The molecule has 4 rings (SSSR count). The number of alkyl halides is 3. The van der Waals surface area contributed by atoms with E-state index in [9.17, 15) is 32.3 Å². The van der Waals surface area contributed by atoms with Gasteiger partial charge in [0.25, 0.3) is 5.56 Å². The highest BCUT2D eigenvalue weighted by atomic mass is 19.4. The molecule has 0 radical (unpaired) electrons. The van der Waals surface area contributed by atoms with Crippen LogP contribution in [-0.4, -0.2) is 27.3 Å². The maximum atomic E-state index is 13.5. The molecule has 0 spiro atoms. The third-order valence-corrected chi connectivity index (χ3v) is 6.31. The van der Waals surface area contributed by atoms with Crippen molar-refractivity contribution in [3.05, 3.63) is 81.4 Å². The fourth-order valence-corrected chi connectivity index (χ4v) is 4.34. The Kier molecular flexibility index (Phi) is 7.43. The number of fused-ring (bicyclic) bond motifs is 1. The summed E-state index contributed by atoms with van der Waals surface area (Å²) in [6.45, 7) is 2.95. The third-order valence-electron chi connectivity index (χ3n) is 6.31. The molecule has 2 atom stereocenters. The normalized spacial score (nSPS) is 16.3. The van der Waals surface area contributed by atoms with Gasteiger partial charge in [-0.3, -0.25) is 24.3 Å². The Balaban J connectivity index is 1.66. The Morgan fingerprint density at radius 1 is 1.10 bits per heavy atom. The lowest BCUT2D eigenvalue weighted by Crippen LogP contribution is -2.35. The lowest BCUT2D eigenvalue weighted by Gasteiger charge is -2.18. The second kappa shape index (κ2) is 10.6. The summed E-state index contributed by atoms with van der Waals surface area (Å²) < 4.78 is 40.6. The summed E-state index contributed by atoms with van der Waals surface area (Å²) in [7, 11) is 0. The van der Waals surface area contributed by atoms with Crippen molar-refractivity contribution in [1.82, 2.24) is 9.55 Å². The first kappa shape index (κ1) is 27.4. The molecule has 0 bridgehead atoms. The third kappa shape index (κ3) is 5.92. The Morgan fingerprint density at radius 2 is 1.79 bits per heavy atom. The Bertz CT molecular complexity index is 1500. The number of aromatic nitrogens is 2. The number of nitrogens with zero attached hydrogens (tertiary/aromatic N) is 2. The minimum Gasteiger partial charge on any atom is -0.373 e. The van der Waals surface area contributed by atoms with Gasteiger partial charge in [0.15, 0.2) is 11.6 Å². The fourth-order valence-electron chi connectivity index (χ4n) is 4.34. The first-order valence-corrected chi connectivity index (χ1v) is 11.9. The van der Waals surface area contributed by atoms with Gasteiger partial charge in [-0.1, -0.05) is 19.1 Å². The van der Waals surface area contributed by atoms with Crippen LogP contribution in [-0.2, 0) is 17.5 Å². The van der Waals surface area contributed by atoms with Gasteiger partial charge in [0.05, 0.1) is 5.56 Å². The van der Waals surface area contributed by atoms with Crippen LogP contribution >= 0.6 is 0 Å². The van der Waals surface area contributed by atoms with E-state index in [0.717, 1.165) is 16.7 Å². The Labute approximate surface area is 220 Å². The molecule has 5 N–H and O–H groups in total. The summed E-state index contributed by atoms with van der Waals surface area (Å²) in [4.78, 5) is 54.2. The van der Waals surface area contributed by atoms with Crippen molar-refractivity contribution in [2.24, 2.45) is 5.73 Å². The number of halogens is 3. The number of rotatable bonds is 7. The molecule has 204 valence electrons. The molecule has 1 aromatic heterocycles. The molecule has 2 aromatic carbocycles. The predicted octanol–water partition coefficient (Wildman–Crippen LogP) is 4.25. The van der Waals surface area contributed by atoms with Crippen LogP contribution in [0.5, 0.6) is 0 Å². The number of nitrogens with two attached hydrogens (primary N) is 1. The number of benzene rings is 2. The summed E-state index contributed by atoms with van der Waals surface area (Å²) in [5.41, 5.74) is 4.73. The van der Waals surface area contributed by atoms with Crippen LogP contribution in [0.4, 0.5) is 35.2 Å². The van der Waals surface area contributed by atoms with E-state index < -0.39 is 35.3 Å². The lowest BCUT2D eigenvalue weighted by atomic mass is 10.1. The van der Waals surface area contributed by atoms with E-state index in [2.05, 4.69) is 20.9 Å². The Morgan fingerprint density at radius 3 is 2.41 bits per heavy atom. The van der Waals surface area contributed by atoms with Crippen LogP contribution in [0.3, 0.4) is 0 Å². The highest BCUT2D eigenvalue weighted by Crippen LogP contribution is 2.35. The molecule has 0 saturated carbocycles. The van der Waals surface area contributed by atoms with Gasteiger partial charge in [0.1, 0.15) is 17.6 Å². The number of anilines is 3. The summed E-state index contributed by atoms with van der Waals surface area (Å²) >= 11 is 0. The van der Waals surface area contributed by atoms with Gasteiger partial charge in [-0.2, -0.15) is 13.2 Å². The smallest absolute Gasteiger partial charge is 0.373 e. The molecular formula is C26H25F3N6O4. The number of carbonyl (C=O) groups is 3. The van der Waals surface area contributed by atoms with Crippen LogP contribution in [0.25, 0.3) is 0 Å². The van der Waals surface area contributed by atoms with Crippen molar-refractivity contribution in [2.45, 2.75) is 44.9 Å². The Hall–Kier alpha value is -4.68. The maximum Gasteiger partial charge on any atom is 0.416 e. The van der Waals surface area contributed by atoms with Gasteiger partial charge in [0.2, 0.25) is 5.91 Å². The van der Waals surface area contributed by atoms with Crippen molar-refractivity contribution >= 4 is 34.9 Å². The van der Waals surface area contributed by atoms with Crippen molar-refractivity contribution in [2.75, 3.05) is 16.0 Å². The van der Waals surface area contributed by atoms with E-state index >= 15 is 0 Å². The number of ketones is 1. The molecular weight excluding hydrogens is 517 g/mol. The predicted molar refractivity (Wildman–Crippen MR) is 138 cm³/mol.